The Balaban J connectivity index is 2.20. The van der Waals surface area contributed by atoms with Crippen LogP contribution in [0.1, 0.15) is 39.2 Å². The smallest absolute Gasteiger partial charge is 0.431 e. The first-order chi connectivity index (χ1) is 13.3. The molecule has 0 spiro atoms. The minimum Gasteiger partial charge on any atom is -0.442 e. The molecule has 2 aliphatic rings. The Morgan fingerprint density at radius 2 is 2.00 bits per heavy atom. The quantitative estimate of drug-likeness (QED) is 0.412. The van der Waals surface area contributed by atoms with Crippen LogP contribution in [0.15, 0.2) is 29.3 Å². The number of Topliss-reactive ketones (excluding diaryl/α,β-unsaturated/α-hetero) is 1. The second-order valence-electron chi connectivity index (χ2n) is 8.09. The van der Waals surface area contributed by atoms with Gasteiger partial charge in [-0.2, -0.15) is 5.01 Å². The number of nitrogens with zero attached hydrogens (tertiary/aromatic N) is 3. The highest BCUT2D eigenvalue weighted by molar-refractivity contribution is 7.90. The summed E-state index contributed by atoms with van der Waals surface area (Å²) >= 11 is 0. The van der Waals surface area contributed by atoms with Crippen molar-refractivity contribution in [2.24, 2.45) is 10.8 Å². The molecule has 0 bridgehead atoms. The number of carbonyl (C=O) groups excluding carboxylic acids is 2. The molecule has 0 radical (unpaired) electrons. The zero-order valence-electron chi connectivity index (χ0n) is 16.5. The number of benzene rings is 1. The zero-order chi connectivity index (χ0) is 21.8. The van der Waals surface area contributed by atoms with Gasteiger partial charge in [0, 0.05) is 25.5 Å². The maximum absolute atomic E-state index is 14.7. The molecule has 1 aliphatic carbocycles. The summed E-state index contributed by atoms with van der Waals surface area (Å²) in [5, 5.41) is -0.843. The highest BCUT2D eigenvalue weighted by atomic mass is 32.2. The van der Waals surface area contributed by atoms with Gasteiger partial charge in [0.05, 0.1) is 0 Å². The number of ether oxygens (including phenoxy) is 1. The molecule has 11 heteroatoms. The van der Waals surface area contributed by atoms with E-state index < -0.39 is 44.3 Å². The number of hydrazine groups is 1. The molecule has 1 amide bonds. The van der Waals surface area contributed by atoms with Crippen LogP contribution in [0.2, 0.25) is 0 Å². The maximum Gasteiger partial charge on any atom is 0.431 e. The summed E-state index contributed by atoms with van der Waals surface area (Å²) in [4.78, 5) is 29.1. The Bertz CT molecular complexity index is 1000. The van der Waals surface area contributed by atoms with Gasteiger partial charge in [0.25, 0.3) is 0 Å². The van der Waals surface area contributed by atoms with E-state index in [4.69, 9.17) is 10.6 Å². The molecule has 3 rings (SSSR count). The first kappa shape index (κ1) is 21.2. The number of carbonyl (C=O) groups is 2. The third kappa shape index (κ3) is 3.48. The fraction of sp³-hybridized carbons (Fsp3) is 0.500. The van der Waals surface area contributed by atoms with E-state index in [-0.39, 0.29) is 24.2 Å². The number of hydrogen-bond acceptors (Lipinski definition) is 7. The summed E-state index contributed by atoms with van der Waals surface area (Å²) in [6.07, 6.45) is -1.67. The lowest BCUT2D eigenvalue weighted by molar-refractivity contribution is -0.117. The molecule has 9 nitrogen and oxygen atoms in total. The van der Waals surface area contributed by atoms with Crippen molar-refractivity contribution in [1.82, 2.24) is 9.31 Å². The van der Waals surface area contributed by atoms with Crippen LogP contribution in [0.5, 0.6) is 0 Å². The van der Waals surface area contributed by atoms with Crippen molar-refractivity contribution in [3.05, 3.63) is 35.6 Å². The minimum absolute atomic E-state index is 0.0392. The van der Waals surface area contributed by atoms with Crippen LogP contribution in [0.3, 0.4) is 0 Å². The summed E-state index contributed by atoms with van der Waals surface area (Å²) < 4.78 is 47.0. The summed E-state index contributed by atoms with van der Waals surface area (Å²) in [5.41, 5.74) is -2.65. The predicted molar refractivity (Wildman–Crippen MR) is 102 cm³/mol. The molecule has 1 aromatic rings. The van der Waals surface area contributed by atoms with Gasteiger partial charge in [-0.05, 0) is 26.8 Å². The van der Waals surface area contributed by atoms with E-state index in [2.05, 4.69) is 4.99 Å². The zero-order valence-corrected chi connectivity index (χ0v) is 17.4. The second kappa shape index (κ2) is 6.77. The minimum atomic E-state index is -4.18. The SMILES string of the molecule is CN1C(N(N)C(=O)OC(C)(C)C)=NC2(c3ccccc3F)CC(=O)CC2S1(=O)=O. The Hall–Kier alpha value is -2.53. The average molecular weight is 426 g/mol. The average Bonchev–Trinajstić information content (AvgIpc) is 2.95. The molecule has 2 N–H and O–H groups in total. The van der Waals surface area contributed by atoms with Gasteiger partial charge in [-0.15, -0.1) is 0 Å². The monoisotopic (exact) mass is 426 g/mol. The van der Waals surface area contributed by atoms with Gasteiger partial charge in [-0.1, -0.05) is 18.2 Å². The number of fused-ring (bicyclic) bond motifs is 1. The van der Waals surface area contributed by atoms with Gasteiger partial charge >= 0.3 is 6.09 Å². The van der Waals surface area contributed by atoms with Crippen LogP contribution in [0, 0.1) is 5.82 Å². The van der Waals surface area contributed by atoms with E-state index in [9.17, 15) is 22.4 Å². The third-order valence-electron chi connectivity index (χ3n) is 4.88. The highest BCUT2D eigenvalue weighted by Gasteiger charge is 2.60. The number of rotatable bonds is 1. The van der Waals surface area contributed by atoms with E-state index in [0.717, 1.165) is 10.4 Å². The van der Waals surface area contributed by atoms with Crippen molar-refractivity contribution < 1.29 is 27.1 Å². The molecule has 0 saturated heterocycles. The van der Waals surface area contributed by atoms with Crippen LogP contribution in [0.4, 0.5) is 9.18 Å². The van der Waals surface area contributed by atoms with Crippen LogP contribution >= 0.6 is 0 Å². The van der Waals surface area contributed by atoms with Gasteiger partial charge in [0.1, 0.15) is 28.0 Å². The third-order valence-corrected chi connectivity index (χ3v) is 7.08. The van der Waals surface area contributed by atoms with Crippen molar-refractivity contribution in [3.63, 3.8) is 0 Å². The Kier molecular flexibility index (Phi) is 4.94. The molecule has 0 aromatic heterocycles. The Labute approximate surface area is 168 Å². The summed E-state index contributed by atoms with van der Waals surface area (Å²) in [6.45, 7) is 4.86. The number of amides is 1. The molecule has 1 saturated carbocycles. The fourth-order valence-electron chi connectivity index (χ4n) is 3.62. The van der Waals surface area contributed by atoms with Crippen molar-refractivity contribution in [2.45, 2.75) is 50.0 Å². The van der Waals surface area contributed by atoms with Gasteiger partial charge in [0.15, 0.2) is 0 Å². The van der Waals surface area contributed by atoms with Gasteiger partial charge in [-0.25, -0.2) is 32.7 Å². The molecule has 1 aliphatic heterocycles. The number of guanidine groups is 1. The van der Waals surface area contributed by atoms with Gasteiger partial charge in [0.2, 0.25) is 16.0 Å². The molecule has 158 valence electrons. The molecule has 1 heterocycles. The van der Waals surface area contributed by atoms with E-state index in [1.165, 1.54) is 25.2 Å². The van der Waals surface area contributed by atoms with E-state index in [1.54, 1.807) is 20.8 Å². The second-order valence-corrected chi connectivity index (χ2v) is 10.2. The fourth-order valence-corrected chi connectivity index (χ4v) is 5.51. The van der Waals surface area contributed by atoms with Crippen molar-refractivity contribution >= 4 is 27.9 Å². The molecular formula is C18H23FN4O5S. The van der Waals surface area contributed by atoms with Crippen molar-refractivity contribution in [1.29, 1.82) is 0 Å². The number of aliphatic imine (C=N–C) groups is 1. The van der Waals surface area contributed by atoms with Crippen LogP contribution in [0.25, 0.3) is 0 Å². The maximum atomic E-state index is 14.7. The predicted octanol–water partition coefficient (Wildman–Crippen LogP) is 1.49. The Morgan fingerprint density at radius 1 is 1.38 bits per heavy atom. The summed E-state index contributed by atoms with van der Waals surface area (Å²) in [5.74, 6) is 4.32. The molecule has 1 fully saturated rings. The first-order valence-corrected chi connectivity index (χ1v) is 10.4. The topological polar surface area (TPSA) is 122 Å². The van der Waals surface area contributed by atoms with Crippen LogP contribution in [-0.2, 0) is 25.1 Å². The summed E-state index contributed by atoms with van der Waals surface area (Å²) in [7, 11) is -3.01. The lowest BCUT2D eigenvalue weighted by Crippen LogP contribution is -2.60. The van der Waals surface area contributed by atoms with Crippen LogP contribution in [-0.4, -0.2) is 53.5 Å². The lowest BCUT2D eigenvalue weighted by Gasteiger charge is -2.41. The van der Waals surface area contributed by atoms with E-state index in [0.29, 0.717) is 5.01 Å². The molecule has 2 atom stereocenters. The normalized spacial score (nSPS) is 26.0. The lowest BCUT2D eigenvalue weighted by atomic mass is 9.88. The van der Waals surface area contributed by atoms with Gasteiger partial charge < -0.3 is 4.74 Å². The van der Waals surface area contributed by atoms with Gasteiger partial charge in [-0.3, -0.25) is 4.79 Å². The molecular weight excluding hydrogens is 403 g/mol. The highest BCUT2D eigenvalue weighted by Crippen LogP contribution is 2.48. The van der Waals surface area contributed by atoms with E-state index in [1.807, 2.05) is 0 Å². The Morgan fingerprint density at radius 3 is 2.59 bits per heavy atom. The summed E-state index contributed by atoms with van der Waals surface area (Å²) in [6, 6.07) is 5.53. The van der Waals surface area contributed by atoms with Crippen LogP contribution < -0.4 is 5.84 Å². The number of ketones is 1. The first-order valence-electron chi connectivity index (χ1n) is 8.92. The number of nitrogens with two attached hydrogens (primary N) is 1. The molecule has 1 aromatic carbocycles. The molecule has 29 heavy (non-hydrogen) atoms. The van der Waals surface area contributed by atoms with E-state index >= 15 is 0 Å². The molecule has 2 unspecified atom stereocenters. The number of hydrogen-bond donors (Lipinski definition) is 1. The van der Waals surface area contributed by atoms with Crippen molar-refractivity contribution in [2.75, 3.05) is 7.05 Å². The largest absolute Gasteiger partial charge is 0.442 e. The van der Waals surface area contributed by atoms with Crippen molar-refractivity contribution in [3.8, 4) is 0 Å². The standard InChI is InChI=1S/C18H23FN4O5S/c1-17(2,3)28-16(25)23(20)15-21-18(12-7-5-6-8-13(12)19)10-11(24)9-14(18)29(26,27)22(15)4/h5-8,14H,9-10,20H2,1-4H3. The number of sulfonamides is 1. The number of halogens is 1.